The number of benzene rings is 2. The third kappa shape index (κ3) is 3.65. The first-order valence-electron chi connectivity index (χ1n) is 8.33. The average molecular weight is 322 g/mol. The highest BCUT2D eigenvalue weighted by Crippen LogP contribution is 2.17. The van der Waals surface area contributed by atoms with Gasteiger partial charge in [0.1, 0.15) is 6.54 Å². The van der Waals surface area contributed by atoms with Crippen LogP contribution < -0.4 is 4.90 Å². The number of nitrogens with zero attached hydrogens (tertiary/aromatic N) is 2. The molecule has 2 amide bonds. The molecular formula is C20H22N2O2. The minimum absolute atomic E-state index is 0.0170. The summed E-state index contributed by atoms with van der Waals surface area (Å²) < 4.78 is 0. The molecule has 1 fully saturated rings. The molecule has 2 aromatic carbocycles. The van der Waals surface area contributed by atoms with Gasteiger partial charge in [-0.1, -0.05) is 42.5 Å². The Morgan fingerprint density at radius 2 is 1.71 bits per heavy atom. The lowest BCUT2D eigenvalue weighted by Crippen LogP contribution is -2.52. The molecule has 0 bridgehead atoms. The van der Waals surface area contributed by atoms with Gasteiger partial charge in [0.25, 0.3) is 0 Å². The summed E-state index contributed by atoms with van der Waals surface area (Å²) in [4.78, 5) is 28.2. The Labute approximate surface area is 142 Å². The quantitative estimate of drug-likeness (QED) is 0.868. The van der Waals surface area contributed by atoms with Crippen molar-refractivity contribution in [1.29, 1.82) is 0 Å². The second-order valence-corrected chi connectivity index (χ2v) is 6.12. The summed E-state index contributed by atoms with van der Waals surface area (Å²) in [5.74, 6) is 0.0380. The Kier molecular flexibility index (Phi) is 4.94. The molecule has 0 saturated carbocycles. The summed E-state index contributed by atoms with van der Waals surface area (Å²) >= 11 is 0. The van der Waals surface area contributed by atoms with Crippen LogP contribution in [0.15, 0.2) is 54.6 Å². The van der Waals surface area contributed by atoms with Gasteiger partial charge in [0, 0.05) is 25.2 Å². The Morgan fingerprint density at radius 3 is 2.42 bits per heavy atom. The molecule has 0 radical (unpaired) electrons. The van der Waals surface area contributed by atoms with E-state index >= 15 is 0 Å². The SMILES string of the molecule is Cc1ccccc1CCC(=O)N1CCN(c2ccccc2)C(=O)C1. The molecule has 3 rings (SSSR count). The van der Waals surface area contributed by atoms with Crippen LogP contribution >= 0.6 is 0 Å². The van der Waals surface area contributed by atoms with Crippen molar-refractivity contribution >= 4 is 17.5 Å². The molecule has 4 heteroatoms. The monoisotopic (exact) mass is 322 g/mol. The van der Waals surface area contributed by atoms with Crippen LogP contribution in [-0.2, 0) is 16.0 Å². The van der Waals surface area contributed by atoms with E-state index in [-0.39, 0.29) is 18.4 Å². The van der Waals surface area contributed by atoms with Crippen LogP contribution in [0.4, 0.5) is 5.69 Å². The molecule has 124 valence electrons. The van der Waals surface area contributed by atoms with Crippen LogP contribution in [0, 0.1) is 6.92 Å². The molecule has 2 aromatic rings. The number of para-hydroxylation sites is 1. The Bertz CT molecular complexity index is 727. The summed E-state index contributed by atoms with van der Waals surface area (Å²) in [6.45, 7) is 3.37. The van der Waals surface area contributed by atoms with Gasteiger partial charge < -0.3 is 9.80 Å². The molecule has 0 spiro atoms. The van der Waals surface area contributed by atoms with Gasteiger partial charge in [0.05, 0.1) is 0 Å². The number of anilines is 1. The molecular weight excluding hydrogens is 300 g/mol. The molecule has 0 aliphatic carbocycles. The van der Waals surface area contributed by atoms with Gasteiger partial charge in [-0.2, -0.15) is 0 Å². The number of carbonyl (C=O) groups is 2. The molecule has 0 unspecified atom stereocenters. The first-order valence-corrected chi connectivity index (χ1v) is 8.33. The molecule has 24 heavy (non-hydrogen) atoms. The second-order valence-electron chi connectivity index (χ2n) is 6.12. The maximum Gasteiger partial charge on any atom is 0.246 e. The van der Waals surface area contributed by atoms with Gasteiger partial charge in [-0.05, 0) is 36.6 Å². The Morgan fingerprint density at radius 1 is 1.00 bits per heavy atom. The van der Waals surface area contributed by atoms with Crippen molar-refractivity contribution in [3.63, 3.8) is 0 Å². The fourth-order valence-electron chi connectivity index (χ4n) is 3.06. The van der Waals surface area contributed by atoms with E-state index in [9.17, 15) is 9.59 Å². The molecule has 0 N–H and O–H groups in total. The summed E-state index contributed by atoms with van der Waals surface area (Å²) in [5, 5.41) is 0. The Hall–Kier alpha value is -2.62. The normalized spacial score (nSPS) is 14.8. The van der Waals surface area contributed by atoms with Crippen LogP contribution in [0.25, 0.3) is 0 Å². The lowest BCUT2D eigenvalue weighted by Gasteiger charge is -2.34. The maximum atomic E-state index is 12.4. The van der Waals surface area contributed by atoms with E-state index in [1.807, 2.05) is 42.5 Å². The van der Waals surface area contributed by atoms with Gasteiger partial charge in [0.2, 0.25) is 11.8 Å². The third-order valence-electron chi connectivity index (χ3n) is 4.51. The van der Waals surface area contributed by atoms with Crippen LogP contribution in [0.2, 0.25) is 0 Å². The summed E-state index contributed by atoms with van der Waals surface area (Å²) in [6.07, 6.45) is 1.17. The zero-order valence-electron chi connectivity index (χ0n) is 13.9. The van der Waals surface area contributed by atoms with E-state index in [1.165, 1.54) is 11.1 Å². The highest BCUT2D eigenvalue weighted by atomic mass is 16.2. The van der Waals surface area contributed by atoms with E-state index < -0.39 is 0 Å². The molecule has 1 heterocycles. The van der Waals surface area contributed by atoms with Gasteiger partial charge in [0.15, 0.2) is 0 Å². The van der Waals surface area contributed by atoms with Crippen LogP contribution in [-0.4, -0.2) is 36.3 Å². The predicted octanol–water partition coefficient (Wildman–Crippen LogP) is 2.80. The minimum Gasteiger partial charge on any atom is -0.332 e. The molecule has 1 aliphatic rings. The number of hydrogen-bond donors (Lipinski definition) is 0. The van der Waals surface area contributed by atoms with Crippen molar-refractivity contribution in [3.05, 3.63) is 65.7 Å². The first kappa shape index (κ1) is 16.2. The number of piperazine rings is 1. The fraction of sp³-hybridized carbons (Fsp3) is 0.300. The van der Waals surface area contributed by atoms with Crippen molar-refractivity contribution < 1.29 is 9.59 Å². The lowest BCUT2D eigenvalue weighted by atomic mass is 10.0. The van der Waals surface area contributed by atoms with Crippen molar-refractivity contribution in [2.45, 2.75) is 19.8 Å². The van der Waals surface area contributed by atoms with Crippen molar-refractivity contribution in [2.75, 3.05) is 24.5 Å². The van der Waals surface area contributed by atoms with E-state index in [1.54, 1.807) is 9.80 Å². The number of hydrogen-bond acceptors (Lipinski definition) is 2. The number of amides is 2. The first-order chi connectivity index (χ1) is 11.6. The van der Waals surface area contributed by atoms with Crippen LogP contribution in [0.1, 0.15) is 17.5 Å². The zero-order valence-corrected chi connectivity index (χ0v) is 13.9. The average Bonchev–Trinajstić information content (AvgIpc) is 2.61. The zero-order chi connectivity index (χ0) is 16.9. The molecule has 0 aromatic heterocycles. The van der Waals surface area contributed by atoms with E-state index in [4.69, 9.17) is 0 Å². The Balaban J connectivity index is 1.56. The lowest BCUT2D eigenvalue weighted by molar-refractivity contribution is -0.136. The van der Waals surface area contributed by atoms with E-state index in [2.05, 4.69) is 19.1 Å². The van der Waals surface area contributed by atoms with Gasteiger partial charge in [-0.15, -0.1) is 0 Å². The molecule has 1 aliphatic heterocycles. The van der Waals surface area contributed by atoms with Crippen LogP contribution in [0.5, 0.6) is 0 Å². The van der Waals surface area contributed by atoms with Crippen LogP contribution in [0.3, 0.4) is 0 Å². The minimum atomic E-state index is -0.0170. The summed E-state index contributed by atoms with van der Waals surface area (Å²) in [7, 11) is 0. The van der Waals surface area contributed by atoms with E-state index in [0.29, 0.717) is 19.5 Å². The number of carbonyl (C=O) groups excluding carboxylic acids is 2. The number of rotatable bonds is 4. The molecule has 0 atom stereocenters. The van der Waals surface area contributed by atoms with Crippen molar-refractivity contribution in [2.24, 2.45) is 0 Å². The van der Waals surface area contributed by atoms with Crippen molar-refractivity contribution in [3.8, 4) is 0 Å². The summed E-state index contributed by atoms with van der Waals surface area (Å²) in [5.41, 5.74) is 3.30. The molecule has 1 saturated heterocycles. The molecule has 4 nitrogen and oxygen atoms in total. The highest BCUT2D eigenvalue weighted by Gasteiger charge is 2.27. The topological polar surface area (TPSA) is 40.6 Å². The second kappa shape index (κ2) is 7.30. The fourth-order valence-corrected chi connectivity index (χ4v) is 3.06. The highest BCUT2D eigenvalue weighted by molar-refractivity contribution is 5.97. The van der Waals surface area contributed by atoms with Crippen molar-refractivity contribution in [1.82, 2.24) is 4.90 Å². The summed E-state index contributed by atoms with van der Waals surface area (Å²) in [6, 6.07) is 17.7. The number of aryl methyl sites for hydroxylation is 2. The standard InChI is InChI=1S/C20H22N2O2/c1-16-7-5-6-8-17(16)11-12-19(23)21-13-14-22(20(24)15-21)18-9-3-2-4-10-18/h2-10H,11-15H2,1H3. The predicted molar refractivity (Wildman–Crippen MR) is 94.9 cm³/mol. The third-order valence-corrected chi connectivity index (χ3v) is 4.51. The largest absolute Gasteiger partial charge is 0.332 e. The van der Waals surface area contributed by atoms with Gasteiger partial charge in [-0.3, -0.25) is 9.59 Å². The van der Waals surface area contributed by atoms with Gasteiger partial charge >= 0.3 is 0 Å². The van der Waals surface area contributed by atoms with E-state index in [0.717, 1.165) is 12.1 Å². The maximum absolute atomic E-state index is 12.4. The smallest absolute Gasteiger partial charge is 0.246 e. The van der Waals surface area contributed by atoms with Gasteiger partial charge in [-0.25, -0.2) is 0 Å².